The summed E-state index contributed by atoms with van der Waals surface area (Å²) in [6, 6.07) is 0. The van der Waals surface area contributed by atoms with Crippen LogP contribution in [0.15, 0.2) is 20.6 Å². The largest absolute Gasteiger partial charge is 0.378 e. The van der Waals surface area contributed by atoms with Crippen molar-refractivity contribution in [2.45, 2.75) is 58.4 Å². The minimum Gasteiger partial charge on any atom is -0.378 e. The Balaban J connectivity index is 1.53. The van der Waals surface area contributed by atoms with E-state index in [0.29, 0.717) is 0 Å². The van der Waals surface area contributed by atoms with Gasteiger partial charge < -0.3 is 14.5 Å². The lowest BCUT2D eigenvalue weighted by Crippen LogP contribution is -2.38. The number of ether oxygens (including phenoxy) is 1. The van der Waals surface area contributed by atoms with E-state index in [-0.39, 0.29) is 5.41 Å². The van der Waals surface area contributed by atoms with E-state index in [1.807, 2.05) is 11.8 Å². The number of fused-ring (bicyclic) bond motifs is 2. The first-order valence-electron chi connectivity index (χ1n) is 11.3. The molecule has 1 aromatic heterocycles. The molecule has 1 aromatic rings. The van der Waals surface area contributed by atoms with Crippen molar-refractivity contribution in [1.29, 1.82) is 0 Å². The summed E-state index contributed by atoms with van der Waals surface area (Å²) >= 11 is 1.83. The number of likely N-dealkylation sites (tertiary alicyclic amines) is 1. The molecule has 0 unspecified atom stereocenters. The minimum atomic E-state index is 0.237. The summed E-state index contributed by atoms with van der Waals surface area (Å²) in [5, 5.41) is 1.02. The van der Waals surface area contributed by atoms with Crippen LogP contribution in [-0.4, -0.2) is 60.0 Å². The number of hydrogen-bond acceptors (Lipinski definition) is 7. The van der Waals surface area contributed by atoms with Crippen molar-refractivity contribution in [1.82, 2.24) is 14.9 Å². The van der Waals surface area contributed by atoms with Gasteiger partial charge in [-0.2, -0.15) is 0 Å². The number of thioether (sulfide) groups is 1. The maximum Gasteiger partial charge on any atom is 0.226 e. The first-order valence-corrected chi connectivity index (χ1v) is 12.2. The lowest BCUT2D eigenvalue weighted by atomic mass is 9.77. The molecule has 4 aliphatic rings. The van der Waals surface area contributed by atoms with E-state index < -0.39 is 0 Å². The van der Waals surface area contributed by atoms with E-state index in [0.717, 1.165) is 67.4 Å². The molecule has 3 aliphatic heterocycles. The highest BCUT2D eigenvalue weighted by molar-refractivity contribution is 8.04. The van der Waals surface area contributed by atoms with Crippen LogP contribution in [0.1, 0.15) is 52.1 Å². The van der Waals surface area contributed by atoms with Gasteiger partial charge in [0, 0.05) is 31.9 Å². The number of hydrogen-bond donors (Lipinski definition) is 0. The van der Waals surface area contributed by atoms with E-state index >= 15 is 0 Å². The Morgan fingerprint density at radius 1 is 1.00 bits per heavy atom. The lowest BCUT2D eigenvalue weighted by Gasteiger charge is -2.42. The van der Waals surface area contributed by atoms with Crippen molar-refractivity contribution in [3.05, 3.63) is 16.3 Å². The molecule has 0 atom stereocenters. The fourth-order valence-corrected chi connectivity index (χ4v) is 6.07. The molecule has 0 aromatic carbocycles. The SMILES string of the molecule is Cc1nc(N2CCOCC2)nc2c1N=C1CC(C)(C)CC(N3CCC(C)CC3)=C1S2. The van der Waals surface area contributed by atoms with Crippen LogP contribution >= 0.6 is 11.8 Å². The number of nitrogens with zero attached hydrogens (tertiary/aromatic N) is 5. The first-order chi connectivity index (χ1) is 14.4. The molecule has 2 saturated heterocycles. The van der Waals surface area contributed by atoms with Gasteiger partial charge in [0.2, 0.25) is 5.95 Å². The Hall–Kier alpha value is -1.60. The second-order valence-electron chi connectivity index (χ2n) is 9.99. The van der Waals surface area contributed by atoms with Crippen LogP contribution in [0.25, 0.3) is 0 Å². The van der Waals surface area contributed by atoms with E-state index in [4.69, 9.17) is 19.7 Å². The number of piperidine rings is 1. The number of aliphatic imine (C=N–C) groups is 1. The molecular formula is C23H33N5OS. The molecule has 1 aliphatic carbocycles. The number of allylic oxidation sites excluding steroid dienone is 2. The molecule has 0 spiro atoms. The molecule has 0 saturated carbocycles. The average molecular weight is 428 g/mol. The summed E-state index contributed by atoms with van der Waals surface area (Å²) in [4.78, 5) is 21.2. The molecule has 0 radical (unpaired) electrons. The zero-order valence-electron chi connectivity index (χ0n) is 18.7. The van der Waals surface area contributed by atoms with E-state index in [1.54, 1.807) is 0 Å². The van der Waals surface area contributed by atoms with Crippen LogP contribution in [0.3, 0.4) is 0 Å². The Kier molecular flexibility index (Phi) is 5.30. The standard InChI is InChI=1S/C23H33N5OS/c1-15-5-7-27(8-6-15)18-14-23(3,4)13-17-20(18)30-21-19(25-17)16(2)24-22(26-21)28-9-11-29-12-10-28/h15H,5-14H2,1-4H3. The van der Waals surface area contributed by atoms with Crippen LogP contribution in [0, 0.1) is 18.3 Å². The van der Waals surface area contributed by atoms with Crippen molar-refractivity contribution in [3.63, 3.8) is 0 Å². The van der Waals surface area contributed by atoms with E-state index in [1.165, 1.54) is 42.2 Å². The third kappa shape index (κ3) is 3.86. The van der Waals surface area contributed by atoms with Crippen molar-refractivity contribution in [2.75, 3.05) is 44.3 Å². The van der Waals surface area contributed by atoms with Gasteiger partial charge in [0.05, 0.1) is 29.5 Å². The summed E-state index contributed by atoms with van der Waals surface area (Å²) in [6.45, 7) is 14.7. The number of anilines is 1. The summed E-state index contributed by atoms with van der Waals surface area (Å²) < 4.78 is 5.51. The predicted octanol–water partition coefficient (Wildman–Crippen LogP) is 4.56. The third-order valence-electron chi connectivity index (χ3n) is 6.74. The topological polar surface area (TPSA) is 53.9 Å². The minimum absolute atomic E-state index is 0.237. The number of aromatic nitrogens is 2. The zero-order valence-corrected chi connectivity index (χ0v) is 19.5. The van der Waals surface area contributed by atoms with Crippen LogP contribution in [0.4, 0.5) is 11.6 Å². The van der Waals surface area contributed by atoms with Crippen molar-refractivity contribution in [3.8, 4) is 0 Å². The van der Waals surface area contributed by atoms with Crippen LogP contribution in [-0.2, 0) is 4.74 Å². The van der Waals surface area contributed by atoms with Crippen LogP contribution in [0.2, 0.25) is 0 Å². The summed E-state index contributed by atoms with van der Waals surface area (Å²) in [6.07, 6.45) is 4.71. The maximum absolute atomic E-state index is 5.51. The van der Waals surface area contributed by atoms with Gasteiger partial charge in [-0.25, -0.2) is 15.0 Å². The summed E-state index contributed by atoms with van der Waals surface area (Å²) in [7, 11) is 0. The van der Waals surface area contributed by atoms with Crippen LogP contribution < -0.4 is 4.90 Å². The Morgan fingerprint density at radius 2 is 1.73 bits per heavy atom. The average Bonchev–Trinajstić information content (AvgIpc) is 2.73. The van der Waals surface area contributed by atoms with Crippen LogP contribution in [0.5, 0.6) is 0 Å². The molecule has 162 valence electrons. The fourth-order valence-electron chi connectivity index (χ4n) is 4.90. The van der Waals surface area contributed by atoms with Gasteiger partial charge in [0.25, 0.3) is 0 Å². The van der Waals surface area contributed by atoms with Crippen molar-refractivity contribution < 1.29 is 4.74 Å². The summed E-state index contributed by atoms with van der Waals surface area (Å²) in [5.41, 5.74) is 4.93. The molecule has 0 bridgehead atoms. The van der Waals surface area contributed by atoms with Gasteiger partial charge in [-0.05, 0) is 43.9 Å². The molecule has 5 rings (SSSR count). The highest BCUT2D eigenvalue weighted by Crippen LogP contribution is 2.50. The number of morpholine rings is 1. The molecule has 2 fully saturated rings. The van der Waals surface area contributed by atoms with Crippen molar-refractivity contribution in [2.24, 2.45) is 16.3 Å². The molecule has 30 heavy (non-hydrogen) atoms. The number of rotatable bonds is 2. The Morgan fingerprint density at radius 3 is 2.47 bits per heavy atom. The monoisotopic (exact) mass is 427 g/mol. The van der Waals surface area contributed by atoms with Gasteiger partial charge in [-0.3, -0.25) is 0 Å². The second-order valence-corrected chi connectivity index (χ2v) is 11.0. The molecule has 0 amide bonds. The van der Waals surface area contributed by atoms with E-state index in [9.17, 15) is 0 Å². The Bertz CT molecular complexity index is 895. The molecule has 0 N–H and O–H groups in total. The maximum atomic E-state index is 5.51. The molecule has 6 nitrogen and oxygen atoms in total. The van der Waals surface area contributed by atoms with Gasteiger partial charge in [0.1, 0.15) is 10.7 Å². The van der Waals surface area contributed by atoms with Gasteiger partial charge >= 0.3 is 0 Å². The molecular weight excluding hydrogens is 394 g/mol. The van der Waals surface area contributed by atoms with E-state index in [2.05, 4.69) is 37.5 Å². The highest BCUT2D eigenvalue weighted by Gasteiger charge is 2.38. The molecule has 7 heteroatoms. The smallest absolute Gasteiger partial charge is 0.226 e. The first kappa shape index (κ1) is 20.3. The zero-order chi connectivity index (χ0) is 20.9. The quantitative estimate of drug-likeness (QED) is 0.645. The summed E-state index contributed by atoms with van der Waals surface area (Å²) in [5.74, 6) is 1.66. The lowest BCUT2D eigenvalue weighted by molar-refractivity contribution is 0.122. The highest BCUT2D eigenvalue weighted by atomic mass is 32.2. The predicted molar refractivity (Wildman–Crippen MR) is 123 cm³/mol. The third-order valence-corrected chi connectivity index (χ3v) is 7.89. The number of aryl methyl sites for hydroxylation is 1. The van der Waals surface area contributed by atoms with Gasteiger partial charge in [0.15, 0.2) is 0 Å². The van der Waals surface area contributed by atoms with Gasteiger partial charge in [-0.1, -0.05) is 32.5 Å². The Labute approximate surface area is 184 Å². The molecule has 4 heterocycles. The van der Waals surface area contributed by atoms with Gasteiger partial charge in [-0.15, -0.1) is 0 Å². The van der Waals surface area contributed by atoms with Crippen molar-refractivity contribution >= 4 is 29.1 Å². The second kappa shape index (κ2) is 7.83. The normalized spacial score (nSPS) is 24.5. The fraction of sp³-hybridized carbons (Fsp3) is 0.696.